The van der Waals surface area contributed by atoms with Gasteiger partial charge in [-0.15, -0.1) is 10.2 Å². The van der Waals surface area contributed by atoms with Crippen LogP contribution in [0.4, 0.5) is 8.78 Å². The Morgan fingerprint density at radius 1 is 1.18 bits per heavy atom. The number of fused-ring (bicyclic) bond motifs is 1. The average molecular weight is 318 g/mol. The molecule has 6 nitrogen and oxygen atoms in total. The lowest BCUT2D eigenvalue weighted by atomic mass is 10.2. The van der Waals surface area contributed by atoms with Crippen LogP contribution < -0.4 is 0 Å². The number of hydrogen-bond acceptors (Lipinski definition) is 5. The van der Waals surface area contributed by atoms with Gasteiger partial charge in [-0.1, -0.05) is 11.3 Å². The van der Waals surface area contributed by atoms with Crippen LogP contribution in [-0.4, -0.2) is 29.6 Å². The van der Waals surface area contributed by atoms with E-state index in [-0.39, 0.29) is 11.4 Å². The van der Waals surface area contributed by atoms with Crippen molar-refractivity contribution >= 4 is 16.3 Å². The molecule has 22 heavy (non-hydrogen) atoms. The van der Waals surface area contributed by atoms with E-state index in [0.29, 0.717) is 11.5 Å². The molecule has 0 atom stereocenters. The van der Waals surface area contributed by atoms with Crippen molar-refractivity contribution in [2.24, 2.45) is 0 Å². The summed E-state index contributed by atoms with van der Waals surface area (Å²) in [5.41, 5.74) is 0.0310. The summed E-state index contributed by atoms with van der Waals surface area (Å²) in [6, 6.07) is 5.01. The minimum Gasteiger partial charge on any atom is -0.266 e. The molecule has 0 radical (unpaired) electrons. The Hall–Kier alpha value is -2.68. The second-order valence-electron chi connectivity index (χ2n) is 4.54. The van der Waals surface area contributed by atoms with Crippen LogP contribution in [0.15, 0.2) is 36.7 Å². The lowest BCUT2D eigenvalue weighted by Crippen LogP contribution is -2.01. The van der Waals surface area contributed by atoms with Gasteiger partial charge in [-0.25, -0.2) is 8.78 Å². The molecule has 0 saturated carbocycles. The highest BCUT2D eigenvalue weighted by Crippen LogP contribution is 2.24. The molecule has 9 heteroatoms. The maximum Gasteiger partial charge on any atom is 0.235 e. The summed E-state index contributed by atoms with van der Waals surface area (Å²) in [6.45, 7) is 0.478. The highest BCUT2D eigenvalue weighted by atomic mass is 32.1. The van der Waals surface area contributed by atoms with Crippen molar-refractivity contribution < 1.29 is 8.78 Å². The van der Waals surface area contributed by atoms with E-state index in [4.69, 9.17) is 0 Å². The van der Waals surface area contributed by atoms with Crippen molar-refractivity contribution in [2.75, 3.05) is 0 Å². The lowest BCUT2D eigenvalue weighted by molar-refractivity contribution is 0.601. The van der Waals surface area contributed by atoms with Gasteiger partial charge in [-0.05, 0) is 24.3 Å². The van der Waals surface area contributed by atoms with Gasteiger partial charge in [-0.3, -0.25) is 4.68 Å². The number of rotatable bonds is 3. The van der Waals surface area contributed by atoms with E-state index in [0.717, 1.165) is 23.2 Å². The van der Waals surface area contributed by atoms with E-state index in [9.17, 15) is 8.78 Å². The van der Waals surface area contributed by atoms with Gasteiger partial charge in [0.1, 0.15) is 16.6 Å². The number of nitrogens with zero attached hydrogens (tertiary/aromatic N) is 6. The van der Waals surface area contributed by atoms with Crippen molar-refractivity contribution in [3.05, 3.63) is 53.3 Å². The Bertz CT molecular complexity index is 943. The van der Waals surface area contributed by atoms with Crippen LogP contribution in [0.5, 0.6) is 0 Å². The predicted molar refractivity (Wildman–Crippen MR) is 75.3 cm³/mol. The third kappa shape index (κ3) is 2.15. The summed E-state index contributed by atoms with van der Waals surface area (Å²) >= 11 is 1.32. The molecule has 0 aliphatic heterocycles. The molecule has 0 aliphatic carbocycles. The highest BCUT2D eigenvalue weighted by Gasteiger charge is 2.17. The summed E-state index contributed by atoms with van der Waals surface area (Å²) in [7, 11) is 0. The largest absolute Gasteiger partial charge is 0.266 e. The standard InChI is InChI=1S/C13H8F2N6S/c14-8-2-3-10(15)9(6-8)12-17-18-13-21(12)19-11(22-13)7-20-5-1-4-16-20/h1-6H,7H2. The SMILES string of the molecule is Fc1ccc(F)c(-c2nnc3sc(Cn4cccn4)nn23)c1. The van der Waals surface area contributed by atoms with Gasteiger partial charge in [0.25, 0.3) is 0 Å². The zero-order valence-corrected chi connectivity index (χ0v) is 11.8. The molecule has 1 aromatic carbocycles. The fraction of sp³-hybridized carbons (Fsp3) is 0.0769. The molecule has 0 unspecified atom stereocenters. The van der Waals surface area contributed by atoms with Crippen LogP contribution in [0.2, 0.25) is 0 Å². The van der Waals surface area contributed by atoms with Crippen LogP contribution in [0.1, 0.15) is 5.01 Å². The van der Waals surface area contributed by atoms with Crippen molar-refractivity contribution in [1.29, 1.82) is 0 Å². The molecular weight excluding hydrogens is 310 g/mol. The molecule has 0 amide bonds. The van der Waals surface area contributed by atoms with Crippen molar-refractivity contribution in [1.82, 2.24) is 29.6 Å². The fourth-order valence-electron chi connectivity index (χ4n) is 2.09. The minimum atomic E-state index is -0.572. The third-order valence-electron chi connectivity index (χ3n) is 3.06. The maximum absolute atomic E-state index is 13.9. The quantitative estimate of drug-likeness (QED) is 0.582. The molecule has 0 spiro atoms. The maximum atomic E-state index is 13.9. The summed E-state index contributed by atoms with van der Waals surface area (Å²) in [6.07, 6.45) is 3.49. The highest BCUT2D eigenvalue weighted by molar-refractivity contribution is 7.16. The molecule has 4 aromatic rings. The molecule has 3 heterocycles. The molecule has 0 bridgehead atoms. The smallest absolute Gasteiger partial charge is 0.235 e. The molecule has 110 valence electrons. The Kier molecular flexibility index (Phi) is 2.93. The van der Waals surface area contributed by atoms with Crippen molar-refractivity contribution in [2.45, 2.75) is 6.54 Å². The normalized spacial score (nSPS) is 11.4. The predicted octanol–water partition coefficient (Wildman–Crippen LogP) is 2.38. The number of halogens is 2. The van der Waals surface area contributed by atoms with E-state index in [2.05, 4.69) is 20.4 Å². The first-order chi connectivity index (χ1) is 10.7. The van der Waals surface area contributed by atoms with Gasteiger partial charge in [0.15, 0.2) is 5.82 Å². The second kappa shape index (κ2) is 4.95. The molecule has 4 rings (SSSR count). The summed E-state index contributed by atoms with van der Waals surface area (Å²) in [5.74, 6) is -0.938. The average Bonchev–Trinajstić information content (AvgIpc) is 3.19. The van der Waals surface area contributed by atoms with Crippen LogP contribution in [0, 0.1) is 11.6 Å². The lowest BCUT2D eigenvalue weighted by Gasteiger charge is -1.99. The van der Waals surface area contributed by atoms with Crippen LogP contribution in [-0.2, 0) is 6.54 Å². The van der Waals surface area contributed by atoms with E-state index >= 15 is 0 Å². The number of hydrogen-bond donors (Lipinski definition) is 0. The van der Waals surface area contributed by atoms with Crippen LogP contribution in [0.3, 0.4) is 0 Å². The van der Waals surface area contributed by atoms with Gasteiger partial charge in [-0.2, -0.15) is 14.7 Å². The van der Waals surface area contributed by atoms with Crippen LogP contribution >= 0.6 is 11.3 Å². The summed E-state index contributed by atoms with van der Waals surface area (Å²) < 4.78 is 30.4. The van der Waals surface area contributed by atoms with E-state index < -0.39 is 11.6 Å². The monoisotopic (exact) mass is 318 g/mol. The zero-order chi connectivity index (χ0) is 15.1. The minimum absolute atomic E-state index is 0.0310. The first-order valence-corrected chi connectivity index (χ1v) is 7.16. The van der Waals surface area contributed by atoms with E-state index in [1.807, 2.05) is 12.3 Å². The Labute approximate surface area is 126 Å². The first-order valence-electron chi connectivity index (χ1n) is 6.35. The van der Waals surface area contributed by atoms with Gasteiger partial charge in [0, 0.05) is 12.4 Å². The van der Waals surface area contributed by atoms with Gasteiger partial charge in [0.2, 0.25) is 4.96 Å². The molecule has 0 saturated heterocycles. The zero-order valence-electron chi connectivity index (χ0n) is 11.0. The number of benzene rings is 1. The van der Waals surface area contributed by atoms with Crippen molar-refractivity contribution in [3.63, 3.8) is 0 Å². The van der Waals surface area contributed by atoms with Crippen molar-refractivity contribution in [3.8, 4) is 11.4 Å². The summed E-state index contributed by atoms with van der Waals surface area (Å²) in [4.78, 5) is 0.515. The Morgan fingerprint density at radius 3 is 2.91 bits per heavy atom. The van der Waals surface area contributed by atoms with Gasteiger partial charge < -0.3 is 0 Å². The Balaban J connectivity index is 1.79. The molecule has 0 fully saturated rings. The summed E-state index contributed by atoms with van der Waals surface area (Å²) in [5, 5.41) is 17.1. The molecule has 3 aromatic heterocycles. The fourth-order valence-corrected chi connectivity index (χ4v) is 2.92. The third-order valence-corrected chi connectivity index (χ3v) is 3.94. The second-order valence-corrected chi connectivity index (χ2v) is 5.58. The first kappa shape index (κ1) is 13.0. The van der Waals surface area contributed by atoms with Crippen LogP contribution in [0.25, 0.3) is 16.3 Å². The van der Waals surface area contributed by atoms with E-state index in [1.54, 1.807) is 10.9 Å². The number of aromatic nitrogens is 6. The van der Waals surface area contributed by atoms with E-state index in [1.165, 1.54) is 15.9 Å². The van der Waals surface area contributed by atoms with Gasteiger partial charge >= 0.3 is 0 Å². The van der Waals surface area contributed by atoms with Gasteiger partial charge in [0.05, 0.1) is 12.1 Å². The topological polar surface area (TPSA) is 60.9 Å². The molecular formula is C13H8F2N6S. The Morgan fingerprint density at radius 2 is 2.09 bits per heavy atom. The molecule has 0 N–H and O–H groups in total. The molecule has 0 aliphatic rings.